The Hall–Kier alpha value is -1.06. The van der Waals surface area contributed by atoms with Crippen molar-refractivity contribution in [1.29, 1.82) is 0 Å². The van der Waals surface area contributed by atoms with Crippen LogP contribution in [0.3, 0.4) is 0 Å². The molecule has 0 aromatic rings. The summed E-state index contributed by atoms with van der Waals surface area (Å²) in [6.07, 6.45) is 15.0. The minimum absolute atomic E-state index is 0.000738. The summed E-state index contributed by atoms with van der Waals surface area (Å²) < 4.78 is 10.7. The highest BCUT2D eigenvalue weighted by Gasteiger charge is 2.15. The van der Waals surface area contributed by atoms with Crippen molar-refractivity contribution in [3.8, 4) is 0 Å². The van der Waals surface area contributed by atoms with Crippen LogP contribution in [0.15, 0.2) is 0 Å². The van der Waals surface area contributed by atoms with E-state index in [4.69, 9.17) is 9.47 Å². The Kier molecular flexibility index (Phi) is 18.0. The number of carbonyl (C=O) groups excluding carboxylic acids is 2. The van der Waals surface area contributed by atoms with Gasteiger partial charge in [0.05, 0.1) is 19.4 Å². The maximum Gasteiger partial charge on any atom is 0.306 e. The summed E-state index contributed by atoms with van der Waals surface area (Å²) >= 11 is 0. The predicted octanol–water partition coefficient (Wildman–Crippen LogP) is 6.35. The summed E-state index contributed by atoms with van der Waals surface area (Å²) in [5.41, 5.74) is 0. The van der Waals surface area contributed by atoms with Crippen molar-refractivity contribution in [2.45, 2.75) is 123 Å². The van der Waals surface area contributed by atoms with Gasteiger partial charge in [-0.05, 0) is 19.3 Å². The summed E-state index contributed by atoms with van der Waals surface area (Å²) in [5.74, 6) is -0.561. The Morgan fingerprint density at radius 3 is 1.85 bits per heavy atom. The van der Waals surface area contributed by atoms with Crippen molar-refractivity contribution in [2.75, 3.05) is 6.61 Å². The number of hydrogen-bond acceptors (Lipinski definition) is 4. The fourth-order valence-electron chi connectivity index (χ4n) is 2.96. The van der Waals surface area contributed by atoms with Gasteiger partial charge in [-0.1, -0.05) is 85.0 Å². The molecular formula is C22H42O4. The number of ether oxygens (including phenoxy) is 2. The van der Waals surface area contributed by atoms with Gasteiger partial charge in [-0.2, -0.15) is 0 Å². The third kappa shape index (κ3) is 16.4. The number of esters is 2. The largest absolute Gasteiger partial charge is 0.466 e. The third-order valence-electron chi connectivity index (χ3n) is 4.58. The minimum Gasteiger partial charge on any atom is -0.466 e. The second-order valence-corrected chi connectivity index (χ2v) is 7.24. The molecule has 26 heavy (non-hydrogen) atoms. The summed E-state index contributed by atoms with van der Waals surface area (Å²) in [5, 5.41) is 0. The van der Waals surface area contributed by atoms with E-state index in [2.05, 4.69) is 20.8 Å². The highest BCUT2D eigenvalue weighted by atomic mass is 16.5. The van der Waals surface area contributed by atoms with Crippen LogP contribution in [-0.4, -0.2) is 24.6 Å². The highest BCUT2D eigenvalue weighted by molar-refractivity contribution is 5.77. The zero-order valence-electron chi connectivity index (χ0n) is 17.5. The lowest BCUT2D eigenvalue weighted by Gasteiger charge is -2.16. The monoisotopic (exact) mass is 370 g/mol. The Morgan fingerprint density at radius 2 is 1.23 bits per heavy atom. The molecule has 0 fully saturated rings. The lowest BCUT2D eigenvalue weighted by molar-refractivity contribution is -0.154. The summed E-state index contributed by atoms with van der Waals surface area (Å²) in [6, 6.07) is 0. The smallest absolute Gasteiger partial charge is 0.306 e. The average Bonchev–Trinajstić information content (AvgIpc) is 2.63. The SMILES string of the molecule is CCCCCCCCCCOC(=O)CCC(=O)OC(CCC)CCCC. The van der Waals surface area contributed by atoms with Gasteiger partial charge in [0.25, 0.3) is 0 Å². The predicted molar refractivity (Wildman–Crippen MR) is 107 cm³/mol. The normalized spacial score (nSPS) is 12.0. The minimum atomic E-state index is -0.287. The molecule has 0 amide bonds. The Morgan fingerprint density at radius 1 is 0.654 bits per heavy atom. The van der Waals surface area contributed by atoms with Gasteiger partial charge in [-0.25, -0.2) is 0 Å². The topological polar surface area (TPSA) is 52.6 Å². The zero-order chi connectivity index (χ0) is 19.5. The van der Waals surface area contributed by atoms with Crippen LogP contribution in [0, 0.1) is 0 Å². The molecule has 0 aromatic carbocycles. The lowest BCUT2D eigenvalue weighted by Crippen LogP contribution is -2.19. The number of carbonyl (C=O) groups is 2. The van der Waals surface area contributed by atoms with E-state index in [1.807, 2.05) is 0 Å². The number of hydrogen-bond donors (Lipinski definition) is 0. The van der Waals surface area contributed by atoms with Gasteiger partial charge in [-0.15, -0.1) is 0 Å². The first-order valence-corrected chi connectivity index (χ1v) is 11.0. The van der Waals surface area contributed by atoms with Gasteiger partial charge in [0.15, 0.2) is 0 Å². The van der Waals surface area contributed by atoms with Crippen LogP contribution >= 0.6 is 0 Å². The number of unbranched alkanes of at least 4 members (excludes halogenated alkanes) is 8. The zero-order valence-corrected chi connectivity index (χ0v) is 17.5. The van der Waals surface area contributed by atoms with E-state index in [1.165, 1.54) is 38.5 Å². The van der Waals surface area contributed by atoms with Crippen molar-refractivity contribution in [1.82, 2.24) is 0 Å². The molecule has 0 saturated carbocycles. The summed E-state index contributed by atoms with van der Waals surface area (Å²) in [7, 11) is 0. The molecule has 0 heterocycles. The second-order valence-electron chi connectivity index (χ2n) is 7.24. The van der Waals surface area contributed by atoms with E-state index in [-0.39, 0.29) is 30.9 Å². The molecule has 4 heteroatoms. The first-order valence-electron chi connectivity index (χ1n) is 11.0. The van der Waals surface area contributed by atoms with Gasteiger partial charge in [-0.3, -0.25) is 9.59 Å². The maximum absolute atomic E-state index is 11.9. The molecule has 0 bridgehead atoms. The fraction of sp³-hybridized carbons (Fsp3) is 0.909. The second kappa shape index (κ2) is 18.7. The molecule has 4 nitrogen and oxygen atoms in total. The fourth-order valence-corrected chi connectivity index (χ4v) is 2.96. The average molecular weight is 371 g/mol. The molecule has 1 unspecified atom stereocenters. The lowest BCUT2D eigenvalue weighted by atomic mass is 10.1. The van der Waals surface area contributed by atoms with Crippen LogP contribution in [0.5, 0.6) is 0 Å². The summed E-state index contributed by atoms with van der Waals surface area (Å²) in [6.45, 7) is 6.92. The quantitative estimate of drug-likeness (QED) is 0.208. The van der Waals surface area contributed by atoms with Crippen LogP contribution in [0.2, 0.25) is 0 Å². The standard InChI is InChI=1S/C22H42O4/c1-4-7-9-10-11-12-13-14-19-25-21(23)17-18-22(24)26-20(15-6-3)16-8-5-2/h20H,4-19H2,1-3H3. The highest BCUT2D eigenvalue weighted by Crippen LogP contribution is 2.13. The van der Waals surface area contributed by atoms with E-state index in [0.29, 0.717) is 6.61 Å². The van der Waals surface area contributed by atoms with Crippen LogP contribution in [0.1, 0.15) is 117 Å². The van der Waals surface area contributed by atoms with Crippen LogP contribution in [-0.2, 0) is 19.1 Å². The molecule has 0 aliphatic heterocycles. The molecular weight excluding hydrogens is 328 g/mol. The van der Waals surface area contributed by atoms with Crippen LogP contribution < -0.4 is 0 Å². The van der Waals surface area contributed by atoms with E-state index >= 15 is 0 Å². The Bertz CT molecular complexity index is 341. The van der Waals surface area contributed by atoms with Gasteiger partial charge >= 0.3 is 11.9 Å². The van der Waals surface area contributed by atoms with Gasteiger partial charge < -0.3 is 9.47 Å². The van der Waals surface area contributed by atoms with Crippen LogP contribution in [0.4, 0.5) is 0 Å². The first-order chi connectivity index (χ1) is 12.6. The maximum atomic E-state index is 11.9. The molecule has 0 radical (unpaired) electrons. The third-order valence-corrected chi connectivity index (χ3v) is 4.58. The van der Waals surface area contributed by atoms with Crippen molar-refractivity contribution >= 4 is 11.9 Å². The number of rotatable bonds is 18. The molecule has 0 aliphatic rings. The van der Waals surface area contributed by atoms with Gasteiger partial charge in [0, 0.05) is 0 Å². The van der Waals surface area contributed by atoms with Crippen molar-refractivity contribution in [3.63, 3.8) is 0 Å². The van der Waals surface area contributed by atoms with Gasteiger partial charge in [0.2, 0.25) is 0 Å². The molecule has 0 saturated heterocycles. The van der Waals surface area contributed by atoms with Gasteiger partial charge in [0.1, 0.15) is 6.10 Å². The van der Waals surface area contributed by atoms with E-state index < -0.39 is 0 Å². The van der Waals surface area contributed by atoms with E-state index in [9.17, 15) is 9.59 Å². The van der Waals surface area contributed by atoms with Crippen molar-refractivity contribution in [3.05, 3.63) is 0 Å². The molecule has 0 N–H and O–H groups in total. The molecule has 0 aliphatic carbocycles. The molecule has 0 rings (SSSR count). The molecule has 154 valence electrons. The van der Waals surface area contributed by atoms with E-state index in [1.54, 1.807) is 0 Å². The molecule has 0 spiro atoms. The van der Waals surface area contributed by atoms with Crippen molar-refractivity contribution < 1.29 is 19.1 Å². The first kappa shape index (κ1) is 24.9. The van der Waals surface area contributed by atoms with Crippen LogP contribution in [0.25, 0.3) is 0 Å². The summed E-state index contributed by atoms with van der Waals surface area (Å²) in [4.78, 5) is 23.6. The molecule has 1 atom stereocenters. The Labute approximate surface area is 161 Å². The van der Waals surface area contributed by atoms with Crippen molar-refractivity contribution in [2.24, 2.45) is 0 Å². The molecule has 0 aromatic heterocycles. The van der Waals surface area contributed by atoms with E-state index in [0.717, 1.165) is 44.9 Å². The Balaban J connectivity index is 3.63.